The van der Waals surface area contributed by atoms with Crippen molar-refractivity contribution in [1.29, 1.82) is 0 Å². The van der Waals surface area contributed by atoms with Crippen LogP contribution in [-0.2, 0) is 28.9 Å². The molecule has 4 aromatic rings. The van der Waals surface area contributed by atoms with Crippen LogP contribution in [0.2, 0.25) is 0 Å². The van der Waals surface area contributed by atoms with E-state index in [-0.39, 0.29) is 53.3 Å². The second-order valence-corrected chi connectivity index (χ2v) is 17.7. The van der Waals surface area contributed by atoms with E-state index in [0.717, 1.165) is 94.4 Å². The molecule has 8 N–H and O–H groups in total. The number of aryl methyl sites for hydroxylation is 1. The third-order valence-corrected chi connectivity index (χ3v) is 14.1. The molecule has 1 aromatic heterocycles. The van der Waals surface area contributed by atoms with Gasteiger partial charge in [-0.25, -0.2) is 0 Å². The summed E-state index contributed by atoms with van der Waals surface area (Å²) in [4.78, 5) is 3.07. The summed E-state index contributed by atoms with van der Waals surface area (Å²) in [5.74, 6) is 0.0196. The molecule has 61 heavy (non-hydrogen) atoms. The van der Waals surface area contributed by atoms with E-state index in [1.807, 2.05) is 55.7 Å². The Morgan fingerprint density at radius 1 is 0.918 bits per heavy atom. The Morgan fingerprint density at radius 2 is 1.75 bits per heavy atom. The molecule has 3 aliphatic rings. The number of aromatic amines is 1. The number of aliphatic hydroxyl groups is 3. The number of benzene rings is 3. The summed E-state index contributed by atoms with van der Waals surface area (Å²) in [6, 6.07) is 18.3. The second kappa shape index (κ2) is 21.3. The normalized spacial score (nSPS) is 25.9. The molecule has 9 atom stereocenters. The monoisotopic (exact) mass is 840 g/mol. The summed E-state index contributed by atoms with van der Waals surface area (Å²) in [7, 11) is 1.44. The van der Waals surface area contributed by atoms with Crippen LogP contribution in [0.1, 0.15) is 128 Å². The van der Waals surface area contributed by atoms with E-state index < -0.39 is 36.4 Å². The zero-order valence-electron chi connectivity index (χ0n) is 36.0. The minimum absolute atomic E-state index is 0.00315. The molecular formula is C50H68N2O9. The number of hydrogen-bond donors (Lipinski definition) is 8. The largest absolute Gasteiger partial charge is 0.508 e. The van der Waals surface area contributed by atoms with Crippen molar-refractivity contribution >= 4 is 0 Å². The Labute approximate surface area is 361 Å². The summed E-state index contributed by atoms with van der Waals surface area (Å²) in [5, 5.41) is 71.4. The predicted octanol–water partition coefficient (Wildman–Crippen LogP) is 7.90. The van der Waals surface area contributed by atoms with Crippen LogP contribution in [0.3, 0.4) is 0 Å². The highest BCUT2D eigenvalue weighted by Gasteiger charge is 2.45. The molecule has 0 amide bonds. The van der Waals surface area contributed by atoms with Gasteiger partial charge in [-0.15, -0.1) is 0 Å². The molecule has 7 rings (SSSR count). The van der Waals surface area contributed by atoms with Crippen LogP contribution >= 0.6 is 0 Å². The number of fused-ring (bicyclic) bond motifs is 1. The van der Waals surface area contributed by atoms with Gasteiger partial charge in [-0.05, 0) is 148 Å². The van der Waals surface area contributed by atoms with Crippen LogP contribution in [-0.4, -0.2) is 87.3 Å². The van der Waals surface area contributed by atoms with Gasteiger partial charge in [0.2, 0.25) is 5.75 Å². The SMILES string of the molecule is CCOCCCNCCC1CCC(C(O)CCc2ccccc2)C(c2cc(C3CCC4C(O)CC(c5c(CO)c(O)c(O)c(OC)c5Cc5cc[nH]c5)OC4C3)ccc2O)C1. The molecule has 1 saturated heterocycles. The molecule has 11 heteroatoms. The van der Waals surface area contributed by atoms with Gasteiger partial charge in [0.25, 0.3) is 0 Å². The van der Waals surface area contributed by atoms with Gasteiger partial charge in [0, 0.05) is 55.5 Å². The number of phenolic OH excluding ortho intramolecular Hbond substituents is 2. The minimum atomic E-state index is -0.676. The molecule has 332 valence electrons. The quantitative estimate of drug-likeness (QED) is 0.0342. The highest BCUT2D eigenvalue weighted by atomic mass is 16.5. The van der Waals surface area contributed by atoms with Crippen LogP contribution in [0.4, 0.5) is 0 Å². The molecular weight excluding hydrogens is 773 g/mol. The minimum Gasteiger partial charge on any atom is -0.508 e. The molecule has 11 nitrogen and oxygen atoms in total. The van der Waals surface area contributed by atoms with Gasteiger partial charge in [-0.2, -0.15) is 0 Å². The van der Waals surface area contributed by atoms with Crippen molar-refractivity contribution in [2.24, 2.45) is 17.8 Å². The lowest BCUT2D eigenvalue weighted by Gasteiger charge is -2.46. The molecule has 0 bridgehead atoms. The first kappa shape index (κ1) is 44.9. The smallest absolute Gasteiger partial charge is 0.201 e. The van der Waals surface area contributed by atoms with E-state index >= 15 is 0 Å². The molecule has 3 aromatic carbocycles. The maximum Gasteiger partial charge on any atom is 0.201 e. The van der Waals surface area contributed by atoms with Crippen molar-refractivity contribution < 1.29 is 44.8 Å². The average molecular weight is 841 g/mol. The molecule has 3 fully saturated rings. The summed E-state index contributed by atoms with van der Waals surface area (Å²) in [6.07, 6.45) is 10.7. The maximum atomic E-state index is 11.8. The number of aromatic nitrogens is 1. The number of aliphatic hydroxyl groups excluding tert-OH is 3. The number of ether oxygens (including phenoxy) is 3. The van der Waals surface area contributed by atoms with E-state index in [4.69, 9.17) is 14.2 Å². The number of aromatic hydroxyl groups is 3. The van der Waals surface area contributed by atoms with E-state index in [1.165, 1.54) is 12.7 Å². The van der Waals surface area contributed by atoms with Gasteiger partial charge in [-0.3, -0.25) is 0 Å². The Bertz CT molecular complexity index is 1970. The van der Waals surface area contributed by atoms with Crippen LogP contribution < -0.4 is 10.1 Å². The first-order valence-corrected chi connectivity index (χ1v) is 22.7. The molecule has 1 aliphatic heterocycles. The topological polar surface area (TPSA) is 177 Å². The standard InChI is InChI=1S/C50H68N2O9/c1-3-60-23-7-20-51-21-18-32-10-14-36(42(54)16-11-31-8-5-4-6-9-31)38(24-32)39-26-34(13-17-43(39)55)35-12-15-37-44(56)28-46(61-45(37)27-35)47-40(25-33-19-22-52-29-33)50(59-2)49(58)48(57)41(47)30-53/h4-6,8-9,13,17,19,22,26,29,32,35-38,42,44-46,51-58H,3,7,10-12,14-16,18,20-21,23-25,27-28,30H2,1-2H3. The average Bonchev–Trinajstić information content (AvgIpc) is 3.80. The summed E-state index contributed by atoms with van der Waals surface area (Å²) in [6.45, 7) is 4.84. The van der Waals surface area contributed by atoms with Crippen molar-refractivity contribution in [1.82, 2.24) is 10.3 Å². The van der Waals surface area contributed by atoms with E-state index in [2.05, 4.69) is 28.5 Å². The molecule has 2 aliphatic carbocycles. The number of methoxy groups -OCH3 is 1. The second-order valence-electron chi connectivity index (χ2n) is 17.7. The first-order chi connectivity index (χ1) is 29.7. The molecule has 0 radical (unpaired) electrons. The van der Waals surface area contributed by atoms with Crippen molar-refractivity contribution in [3.05, 3.63) is 106 Å². The van der Waals surface area contributed by atoms with Gasteiger partial charge in [0.1, 0.15) is 5.75 Å². The predicted molar refractivity (Wildman–Crippen MR) is 235 cm³/mol. The van der Waals surface area contributed by atoms with E-state index in [0.29, 0.717) is 36.3 Å². The van der Waals surface area contributed by atoms with Crippen molar-refractivity contribution in [3.8, 4) is 23.0 Å². The molecule has 0 spiro atoms. The van der Waals surface area contributed by atoms with Crippen molar-refractivity contribution in [2.45, 2.75) is 127 Å². The molecule has 9 unspecified atom stereocenters. The number of rotatable bonds is 19. The Balaban J connectivity index is 1.12. The van der Waals surface area contributed by atoms with Gasteiger partial charge in [0.15, 0.2) is 11.5 Å². The van der Waals surface area contributed by atoms with Crippen molar-refractivity contribution in [3.63, 3.8) is 0 Å². The summed E-state index contributed by atoms with van der Waals surface area (Å²) >= 11 is 0. The zero-order valence-corrected chi connectivity index (χ0v) is 36.0. The Kier molecular flexibility index (Phi) is 15.7. The van der Waals surface area contributed by atoms with Gasteiger partial charge < -0.3 is 55.2 Å². The van der Waals surface area contributed by atoms with Gasteiger partial charge in [-0.1, -0.05) is 42.5 Å². The Morgan fingerprint density at radius 3 is 2.51 bits per heavy atom. The van der Waals surface area contributed by atoms with Crippen molar-refractivity contribution in [2.75, 3.05) is 33.4 Å². The van der Waals surface area contributed by atoms with Crippen LogP contribution in [0.25, 0.3) is 0 Å². The Hall–Kier alpha value is -4.10. The number of phenols is 3. The number of nitrogens with one attached hydrogen (secondary N) is 2. The maximum absolute atomic E-state index is 11.8. The van der Waals surface area contributed by atoms with Crippen LogP contribution in [0, 0.1) is 17.8 Å². The summed E-state index contributed by atoms with van der Waals surface area (Å²) < 4.78 is 18.1. The van der Waals surface area contributed by atoms with E-state index in [1.54, 1.807) is 0 Å². The van der Waals surface area contributed by atoms with Crippen LogP contribution in [0.5, 0.6) is 23.0 Å². The zero-order chi connectivity index (χ0) is 42.9. The fourth-order valence-corrected chi connectivity index (χ4v) is 10.9. The number of hydrogen-bond acceptors (Lipinski definition) is 10. The number of H-pyrrole nitrogens is 1. The fraction of sp³-hybridized carbons (Fsp3) is 0.560. The lowest BCUT2D eigenvalue weighted by atomic mass is 9.66. The first-order valence-electron chi connectivity index (χ1n) is 22.7. The third kappa shape index (κ3) is 10.6. The lowest BCUT2D eigenvalue weighted by molar-refractivity contribution is -0.154. The van der Waals surface area contributed by atoms with Gasteiger partial charge >= 0.3 is 0 Å². The fourth-order valence-electron chi connectivity index (χ4n) is 10.9. The lowest BCUT2D eigenvalue weighted by Crippen LogP contribution is -2.44. The highest BCUT2D eigenvalue weighted by Crippen LogP contribution is 2.53. The molecule has 2 saturated carbocycles. The summed E-state index contributed by atoms with van der Waals surface area (Å²) in [5.41, 5.74) is 5.46. The third-order valence-electron chi connectivity index (χ3n) is 14.1. The van der Waals surface area contributed by atoms with Gasteiger partial charge in [0.05, 0.1) is 38.1 Å². The highest BCUT2D eigenvalue weighted by molar-refractivity contribution is 5.64. The van der Waals surface area contributed by atoms with E-state index in [9.17, 15) is 30.6 Å². The van der Waals surface area contributed by atoms with Crippen LogP contribution in [0.15, 0.2) is 67.0 Å². The molecule has 2 heterocycles.